The van der Waals surface area contributed by atoms with Crippen molar-refractivity contribution in [3.8, 4) is 11.8 Å². The molecule has 2 rings (SSSR count). The molecule has 2 aromatic rings. The lowest BCUT2D eigenvalue weighted by molar-refractivity contribution is 1.65. The molecule has 0 N–H and O–H groups in total. The van der Waals surface area contributed by atoms with Gasteiger partial charge < -0.3 is 0 Å². The average molecular weight is 216 g/mol. The van der Waals surface area contributed by atoms with Crippen molar-refractivity contribution >= 4 is 6.08 Å². The van der Waals surface area contributed by atoms with Crippen LogP contribution in [0, 0.1) is 11.8 Å². The maximum Gasteiger partial charge on any atom is 0.0305 e. The normalized spacial score (nSPS) is 8.47. The lowest BCUT2D eigenvalue weighted by Gasteiger charge is -1.86. The standard InChI is InChI=1S/C17H12/c1-4-10-16(11-5-1)14-8-3-9-15-17-12-6-2-7-13-17/h1-7,10-14H. The summed E-state index contributed by atoms with van der Waals surface area (Å²) in [5.41, 5.74) is 5.20. The van der Waals surface area contributed by atoms with Crippen LogP contribution in [0.15, 0.2) is 72.5 Å². The Labute approximate surface area is 102 Å². The van der Waals surface area contributed by atoms with Crippen LogP contribution in [0.5, 0.6) is 0 Å². The van der Waals surface area contributed by atoms with Crippen LogP contribution in [0.3, 0.4) is 0 Å². The highest BCUT2D eigenvalue weighted by Crippen LogP contribution is 1.99. The Bertz CT molecular complexity index is 574. The fourth-order valence-corrected chi connectivity index (χ4v) is 1.37. The van der Waals surface area contributed by atoms with E-state index in [1.54, 1.807) is 6.08 Å². The summed E-state index contributed by atoms with van der Waals surface area (Å²) in [4.78, 5) is 0. The van der Waals surface area contributed by atoms with E-state index in [0.717, 1.165) is 11.1 Å². The van der Waals surface area contributed by atoms with Crippen LogP contribution in [-0.2, 0) is 0 Å². The monoisotopic (exact) mass is 216 g/mol. The highest BCUT2D eigenvalue weighted by atomic mass is 13.8. The number of rotatable bonds is 1. The SMILES string of the molecule is C(=CC#Cc1ccccc1)=Cc1ccccc1. The smallest absolute Gasteiger partial charge is 0.0305 e. The molecule has 0 heteroatoms. The number of benzene rings is 2. The minimum atomic E-state index is 1.02. The van der Waals surface area contributed by atoms with Crippen LogP contribution in [0.4, 0.5) is 0 Å². The fourth-order valence-electron chi connectivity index (χ4n) is 1.37. The summed E-state index contributed by atoms with van der Waals surface area (Å²) in [6, 6.07) is 20.0. The molecule has 0 saturated carbocycles. The molecular formula is C17H12. The first-order chi connectivity index (χ1) is 8.45. The molecule has 0 aliphatic carbocycles. The predicted molar refractivity (Wildman–Crippen MR) is 72.3 cm³/mol. The van der Waals surface area contributed by atoms with Crippen molar-refractivity contribution in [3.63, 3.8) is 0 Å². The summed E-state index contributed by atoms with van der Waals surface area (Å²) in [6.07, 6.45) is 3.65. The minimum absolute atomic E-state index is 1.02. The van der Waals surface area contributed by atoms with Crippen molar-refractivity contribution in [2.75, 3.05) is 0 Å². The van der Waals surface area contributed by atoms with Crippen LogP contribution < -0.4 is 0 Å². The van der Waals surface area contributed by atoms with Crippen molar-refractivity contribution in [1.82, 2.24) is 0 Å². The van der Waals surface area contributed by atoms with Gasteiger partial charge in [-0.05, 0) is 23.8 Å². The van der Waals surface area contributed by atoms with Crippen molar-refractivity contribution in [2.24, 2.45) is 0 Å². The highest BCUT2D eigenvalue weighted by molar-refractivity contribution is 5.49. The van der Waals surface area contributed by atoms with Gasteiger partial charge in [0, 0.05) is 11.6 Å². The van der Waals surface area contributed by atoms with Crippen LogP contribution >= 0.6 is 0 Å². The number of allylic oxidation sites excluding steroid dienone is 1. The third kappa shape index (κ3) is 3.87. The van der Waals surface area contributed by atoms with Crippen LogP contribution in [-0.4, -0.2) is 0 Å². The van der Waals surface area contributed by atoms with Crippen molar-refractivity contribution < 1.29 is 0 Å². The van der Waals surface area contributed by atoms with E-state index in [1.165, 1.54) is 0 Å². The largest absolute Gasteiger partial charge is 0.111 e. The van der Waals surface area contributed by atoms with Crippen LogP contribution in [0.25, 0.3) is 6.08 Å². The van der Waals surface area contributed by atoms with Crippen LogP contribution in [0.1, 0.15) is 11.1 Å². The van der Waals surface area contributed by atoms with Gasteiger partial charge in [0.2, 0.25) is 0 Å². The maximum atomic E-state index is 3.05. The summed E-state index contributed by atoms with van der Waals surface area (Å²) in [6.45, 7) is 0. The molecule has 0 amide bonds. The quantitative estimate of drug-likeness (QED) is 0.501. The summed E-state index contributed by atoms with van der Waals surface area (Å²) in [7, 11) is 0. The number of hydrogen-bond acceptors (Lipinski definition) is 0. The van der Waals surface area contributed by atoms with E-state index in [1.807, 2.05) is 66.7 Å². The molecule has 0 fully saturated rings. The van der Waals surface area contributed by atoms with Crippen molar-refractivity contribution in [3.05, 3.63) is 83.6 Å². The first kappa shape index (κ1) is 11.0. The molecule has 0 spiro atoms. The lowest BCUT2D eigenvalue weighted by Crippen LogP contribution is -1.68. The number of hydrogen-bond donors (Lipinski definition) is 0. The molecule has 0 atom stereocenters. The summed E-state index contributed by atoms with van der Waals surface area (Å²) >= 11 is 0. The fraction of sp³-hybridized carbons (Fsp3) is 0. The second-order valence-corrected chi connectivity index (χ2v) is 3.50. The first-order valence-electron chi connectivity index (χ1n) is 5.48. The van der Waals surface area contributed by atoms with E-state index in [9.17, 15) is 0 Å². The molecule has 80 valence electrons. The molecule has 0 nitrogen and oxygen atoms in total. The Hall–Kier alpha value is -2.48. The Morgan fingerprint density at radius 2 is 1.41 bits per heavy atom. The van der Waals surface area contributed by atoms with Gasteiger partial charge in [-0.1, -0.05) is 60.4 Å². The molecule has 0 saturated heterocycles. The molecule has 0 heterocycles. The van der Waals surface area contributed by atoms with Gasteiger partial charge in [0.1, 0.15) is 0 Å². The Morgan fingerprint density at radius 3 is 2.12 bits per heavy atom. The Kier molecular flexibility index (Phi) is 4.00. The second-order valence-electron chi connectivity index (χ2n) is 3.50. The van der Waals surface area contributed by atoms with E-state index in [2.05, 4.69) is 17.6 Å². The molecule has 2 aromatic carbocycles. The Morgan fingerprint density at radius 1 is 0.765 bits per heavy atom. The van der Waals surface area contributed by atoms with E-state index in [0.29, 0.717) is 0 Å². The highest BCUT2D eigenvalue weighted by Gasteiger charge is 1.80. The predicted octanol–water partition coefficient (Wildman–Crippen LogP) is 3.91. The van der Waals surface area contributed by atoms with E-state index in [4.69, 9.17) is 0 Å². The molecule has 17 heavy (non-hydrogen) atoms. The molecule has 0 aliphatic rings. The first-order valence-corrected chi connectivity index (χ1v) is 5.48. The van der Waals surface area contributed by atoms with Crippen molar-refractivity contribution in [1.29, 1.82) is 0 Å². The molecule has 0 aliphatic heterocycles. The molecular weight excluding hydrogens is 204 g/mol. The van der Waals surface area contributed by atoms with Gasteiger partial charge in [-0.15, -0.1) is 5.73 Å². The van der Waals surface area contributed by atoms with Crippen LogP contribution in [0.2, 0.25) is 0 Å². The zero-order chi connectivity index (χ0) is 11.8. The summed E-state index contributed by atoms with van der Waals surface area (Å²) < 4.78 is 0. The third-order valence-electron chi connectivity index (χ3n) is 2.20. The maximum absolute atomic E-state index is 3.05. The molecule has 0 aromatic heterocycles. The van der Waals surface area contributed by atoms with E-state index in [-0.39, 0.29) is 0 Å². The lowest BCUT2D eigenvalue weighted by atomic mass is 10.2. The molecule has 0 bridgehead atoms. The van der Waals surface area contributed by atoms with Gasteiger partial charge in [0.25, 0.3) is 0 Å². The van der Waals surface area contributed by atoms with Gasteiger partial charge in [-0.25, -0.2) is 0 Å². The van der Waals surface area contributed by atoms with E-state index >= 15 is 0 Å². The third-order valence-corrected chi connectivity index (χ3v) is 2.20. The van der Waals surface area contributed by atoms with Crippen molar-refractivity contribution in [2.45, 2.75) is 0 Å². The topological polar surface area (TPSA) is 0 Å². The second kappa shape index (κ2) is 6.18. The minimum Gasteiger partial charge on any atom is -0.111 e. The summed E-state index contributed by atoms with van der Waals surface area (Å²) in [5.74, 6) is 6.00. The zero-order valence-corrected chi connectivity index (χ0v) is 9.43. The van der Waals surface area contributed by atoms with Gasteiger partial charge in [-0.2, -0.15) is 0 Å². The van der Waals surface area contributed by atoms with Gasteiger partial charge in [-0.3, -0.25) is 0 Å². The molecule has 0 radical (unpaired) electrons. The molecule has 0 unspecified atom stereocenters. The van der Waals surface area contributed by atoms with Gasteiger partial charge >= 0.3 is 0 Å². The van der Waals surface area contributed by atoms with Gasteiger partial charge in [0.05, 0.1) is 0 Å². The van der Waals surface area contributed by atoms with Gasteiger partial charge in [0.15, 0.2) is 0 Å². The zero-order valence-electron chi connectivity index (χ0n) is 9.43. The Balaban J connectivity index is 2.04. The van der Waals surface area contributed by atoms with E-state index < -0.39 is 0 Å². The average Bonchev–Trinajstić information content (AvgIpc) is 2.41. The summed E-state index contributed by atoms with van der Waals surface area (Å²) in [5, 5.41) is 0.